The van der Waals surface area contributed by atoms with Crippen molar-refractivity contribution in [1.82, 2.24) is 14.8 Å². The molecule has 2 saturated carbocycles. The summed E-state index contributed by atoms with van der Waals surface area (Å²) >= 11 is 5.41. The van der Waals surface area contributed by atoms with Gasteiger partial charge in [0.2, 0.25) is 0 Å². The Morgan fingerprint density at radius 3 is 2.75 bits per heavy atom. The zero-order chi connectivity index (χ0) is 13.5. The number of fused-ring (bicyclic) bond motifs is 2. The van der Waals surface area contributed by atoms with Crippen LogP contribution in [0.25, 0.3) is 5.69 Å². The number of nitrogens with zero attached hydrogens (tertiary/aromatic N) is 2. The third-order valence-electron chi connectivity index (χ3n) is 5.09. The largest absolute Gasteiger partial charge is 0.272 e. The maximum Gasteiger partial charge on any atom is 0.199 e. The van der Waals surface area contributed by atoms with Crippen molar-refractivity contribution in [3.8, 4) is 5.69 Å². The highest BCUT2D eigenvalue weighted by Gasteiger charge is 2.39. The van der Waals surface area contributed by atoms with E-state index in [4.69, 9.17) is 12.2 Å². The van der Waals surface area contributed by atoms with Crippen LogP contribution in [-0.2, 0) is 6.42 Å². The summed E-state index contributed by atoms with van der Waals surface area (Å²) in [6.07, 6.45) is 6.77. The number of rotatable bonds is 3. The van der Waals surface area contributed by atoms with Gasteiger partial charge in [-0.2, -0.15) is 5.10 Å². The smallest absolute Gasteiger partial charge is 0.199 e. The van der Waals surface area contributed by atoms with Crippen molar-refractivity contribution in [2.45, 2.75) is 32.1 Å². The van der Waals surface area contributed by atoms with Gasteiger partial charge in [-0.3, -0.25) is 9.67 Å². The zero-order valence-electron chi connectivity index (χ0n) is 11.5. The van der Waals surface area contributed by atoms with Crippen molar-refractivity contribution in [2.24, 2.45) is 17.8 Å². The Labute approximate surface area is 124 Å². The molecule has 3 nitrogen and oxygen atoms in total. The Kier molecular flexibility index (Phi) is 2.99. The SMILES string of the molecule is S=c1[nH]nc(CC2CC3CCC2C3)n1-c1ccccc1. The fraction of sp³-hybridized carbons (Fsp3) is 0.500. The number of nitrogens with one attached hydrogen (secondary N) is 1. The summed E-state index contributed by atoms with van der Waals surface area (Å²) in [5.74, 6) is 3.81. The number of benzene rings is 1. The highest BCUT2D eigenvalue weighted by molar-refractivity contribution is 7.71. The average Bonchev–Trinajstić information content (AvgIpc) is 3.16. The summed E-state index contributed by atoms with van der Waals surface area (Å²) in [7, 11) is 0. The predicted molar refractivity (Wildman–Crippen MR) is 81.4 cm³/mol. The van der Waals surface area contributed by atoms with Gasteiger partial charge < -0.3 is 0 Å². The molecule has 20 heavy (non-hydrogen) atoms. The number of H-pyrrole nitrogens is 1. The molecule has 104 valence electrons. The van der Waals surface area contributed by atoms with E-state index in [0.717, 1.165) is 35.7 Å². The molecule has 1 N–H and O–H groups in total. The van der Waals surface area contributed by atoms with Crippen LogP contribution in [0.2, 0.25) is 0 Å². The van der Waals surface area contributed by atoms with E-state index in [1.165, 1.54) is 25.7 Å². The van der Waals surface area contributed by atoms with Crippen LogP contribution in [0.4, 0.5) is 0 Å². The molecular weight excluding hydrogens is 266 g/mol. The lowest BCUT2D eigenvalue weighted by atomic mass is 9.86. The van der Waals surface area contributed by atoms with Gasteiger partial charge in [0.25, 0.3) is 0 Å². The molecule has 0 spiro atoms. The first-order valence-electron chi connectivity index (χ1n) is 7.53. The van der Waals surface area contributed by atoms with Crippen LogP contribution in [0.1, 0.15) is 31.5 Å². The molecule has 1 heterocycles. The monoisotopic (exact) mass is 285 g/mol. The molecule has 0 aliphatic heterocycles. The summed E-state index contributed by atoms with van der Waals surface area (Å²) in [6.45, 7) is 0. The van der Waals surface area contributed by atoms with E-state index in [2.05, 4.69) is 26.9 Å². The van der Waals surface area contributed by atoms with Crippen molar-refractivity contribution < 1.29 is 0 Å². The van der Waals surface area contributed by atoms with E-state index in [1.807, 2.05) is 18.2 Å². The molecule has 0 radical (unpaired) electrons. The quantitative estimate of drug-likeness (QED) is 0.868. The second-order valence-corrected chi connectivity index (χ2v) is 6.64. The van der Waals surface area contributed by atoms with Crippen molar-refractivity contribution in [1.29, 1.82) is 0 Å². The number of para-hydroxylation sites is 1. The number of aromatic nitrogens is 3. The molecule has 2 fully saturated rings. The Bertz CT molecular complexity index is 658. The van der Waals surface area contributed by atoms with Gasteiger partial charge >= 0.3 is 0 Å². The van der Waals surface area contributed by atoms with E-state index in [-0.39, 0.29) is 0 Å². The van der Waals surface area contributed by atoms with Crippen LogP contribution in [0.15, 0.2) is 30.3 Å². The van der Waals surface area contributed by atoms with E-state index < -0.39 is 0 Å². The number of aromatic amines is 1. The fourth-order valence-corrected chi connectivity index (χ4v) is 4.43. The molecule has 0 amide bonds. The third kappa shape index (κ3) is 2.03. The Balaban J connectivity index is 1.65. The van der Waals surface area contributed by atoms with Gasteiger partial charge in [-0.25, -0.2) is 0 Å². The van der Waals surface area contributed by atoms with Gasteiger partial charge in [-0.1, -0.05) is 24.6 Å². The lowest BCUT2D eigenvalue weighted by Crippen LogP contribution is -2.16. The molecule has 4 heteroatoms. The normalized spacial score (nSPS) is 28.1. The summed E-state index contributed by atoms with van der Waals surface area (Å²) in [4.78, 5) is 0. The van der Waals surface area contributed by atoms with Gasteiger partial charge in [-0.05, 0) is 61.4 Å². The van der Waals surface area contributed by atoms with E-state index >= 15 is 0 Å². The predicted octanol–water partition coefficient (Wildman–Crippen LogP) is 3.91. The van der Waals surface area contributed by atoms with Crippen LogP contribution in [0, 0.1) is 22.5 Å². The molecule has 2 aliphatic carbocycles. The maximum atomic E-state index is 5.41. The topological polar surface area (TPSA) is 33.6 Å². The first-order chi connectivity index (χ1) is 9.81. The lowest BCUT2D eigenvalue weighted by molar-refractivity contribution is 0.325. The van der Waals surface area contributed by atoms with Crippen molar-refractivity contribution in [2.75, 3.05) is 0 Å². The van der Waals surface area contributed by atoms with Crippen LogP contribution < -0.4 is 0 Å². The van der Waals surface area contributed by atoms with Gasteiger partial charge in [0.1, 0.15) is 5.82 Å². The molecule has 4 rings (SSSR count). The average molecular weight is 285 g/mol. The molecule has 2 aliphatic rings. The fourth-order valence-electron chi connectivity index (χ4n) is 4.17. The van der Waals surface area contributed by atoms with E-state index in [0.29, 0.717) is 4.77 Å². The van der Waals surface area contributed by atoms with E-state index in [1.54, 1.807) is 0 Å². The van der Waals surface area contributed by atoms with Gasteiger partial charge in [0, 0.05) is 12.1 Å². The molecule has 1 aromatic carbocycles. The summed E-state index contributed by atoms with van der Waals surface area (Å²) in [6, 6.07) is 10.3. The molecule has 3 unspecified atom stereocenters. The first-order valence-corrected chi connectivity index (χ1v) is 7.94. The van der Waals surface area contributed by atoms with Crippen molar-refractivity contribution in [3.05, 3.63) is 40.9 Å². The number of hydrogen-bond donors (Lipinski definition) is 1. The minimum Gasteiger partial charge on any atom is -0.272 e. The Hall–Kier alpha value is -1.42. The van der Waals surface area contributed by atoms with Gasteiger partial charge in [0.15, 0.2) is 4.77 Å². The van der Waals surface area contributed by atoms with Crippen molar-refractivity contribution >= 4 is 12.2 Å². The Morgan fingerprint density at radius 2 is 2.05 bits per heavy atom. The first kappa shape index (κ1) is 12.3. The summed E-state index contributed by atoms with van der Waals surface area (Å²) < 4.78 is 2.80. The molecule has 3 atom stereocenters. The number of hydrogen-bond acceptors (Lipinski definition) is 2. The molecule has 2 aromatic rings. The van der Waals surface area contributed by atoms with Gasteiger partial charge in [0.05, 0.1) is 0 Å². The minimum absolute atomic E-state index is 0.703. The van der Waals surface area contributed by atoms with Crippen molar-refractivity contribution in [3.63, 3.8) is 0 Å². The van der Waals surface area contributed by atoms with E-state index in [9.17, 15) is 0 Å². The van der Waals surface area contributed by atoms with Gasteiger partial charge in [-0.15, -0.1) is 0 Å². The molecule has 1 aromatic heterocycles. The third-order valence-corrected chi connectivity index (χ3v) is 5.36. The second-order valence-electron chi connectivity index (χ2n) is 6.26. The van der Waals surface area contributed by atoms with Crippen LogP contribution >= 0.6 is 12.2 Å². The zero-order valence-corrected chi connectivity index (χ0v) is 12.3. The summed E-state index contributed by atoms with van der Waals surface area (Å²) in [5, 5.41) is 7.45. The highest BCUT2D eigenvalue weighted by atomic mass is 32.1. The Morgan fingerprint density at radius 1 is 1.20 bits per heavy atom. The van der Waals surface area contributed by atoms with Crippen LogP contribution in [-0.4, -0.2) is 14.8 Å². The minimum atomic E-state index is 0.703. The van der Waals surface area contributed by atoms with Crippen LogP contribution in [0.5, 0.6) is 0 Å². The molecular formula is C16H19N3S. The standard InChI is InChI=1S/C16H19N3S/c20-16-18-17-15(19(16)14-4-2-1-3-5-14)10-13-9-11-6-7-12(13)8-11/h1-5,11-13H,6-10H2,(H,18,20). The maximum absolute atomic E-state index is 5.41. The lowest BCUT2D eigenvalue weighted by Gasteiger charge is -2.21. The molecule has 0 saturated heterocycles. The highest BCUT2D eigenvalue weighted by Crippen LogP contribution is 2.49. The molecule has 2 bridgehead atoms. The second kappa shape index (κ2) is 4.85. The van der Waals surface area contributed by atoms with Crippen LogP contribution in [0.3, 0.4) is 0 Å². The summed E-state index contributed by atoms with van der Waals surface area (Å²) in [5.41, 5.74) is 1.12.